The molecule has 1 aliphatic rings. The monoisotopic (exact) mass is 221 g/mol. The summed E-state index contributed by atoms with van der Waals surface area (Å²) in [6.07, 6.45) is 2.13. The lowest BCUT2D eigenvalue weighted by atomic mass is 10.1. The van der Waals surface area contributed by atoms with Crippen LogP contribution in [0.5, 0.6) is 0 Å². The highest BCUT2D eigenvalue weighted by Gasteiger charge is 2.18. The van der Waals surface area contributed by atoms with Crippen LogP contribution in [0.2, 0.25) is 0 Å². The van der Waals surface area contributed by atoms with Gasteiger partial charge in [0.05, 0.1) is 0 Å². The van der Waals surface area contributed by atoms with E-state index in [0.29, 0.717) is 6.04 Å². The number of carbonyl (C=O) groups is 1. The molecule has 4 nitrogen and oxygen atoms in total. The number of rotatable bonds is 1. The molecule has 2 amide bonds. The molecule has 1 N–H and O–H groups in total. The SMILES string of the molecule is CN1CCC(NC(=O)N(C)C)CC1.Cl. The minimum Gasteiger partial charge on any atom is -0.335 e. The first-order chi connectivity index (χ1) is 6.09. The van der Waals surface area contributed by atoms with Crippen LogP contribution in [0.15, 0.2) is 0 Å². The maximum absolute atomic E-state index is 11.3. The van der Waals surface area contributed by atoms with Crippen molar-refractivity contribution in [2.75, 3.05) is 34.2 Å². The lowest BCUT2D eigenvalue weighted by Crippen LogP contribution is -2.46. The zero-order valence-corrected chi connectivity index (χ0v) is 9.93. The Kier molecular flexibility index (Phi) is 5.88. The highest BCUT2D eigenvalue weighted by atomic mass is 35.5. The van der Waals surface area contributed by atoms with E-state index in [9.17, 15) is 4.79 Å². The minimum absolute atomic E-state index is 0. The molecule has 14 heavy (non-hydrogen) atoms. The van der Waals surface area contributed by atoms with Crippen molar-refractivity contribution < 1.29 is 4.79 Å². The fourth-order valence-electron chi connectivity index (χ4n) is 1.46. The second kappa shape index (κ2) is 6.09. The summed E-state index contributed by atoms with van der Waals surface area (Å²) < 4.78 is 0. The third-order valence-corrected chi connectivity index (χ3v) is 2.45. The normalized spacial score (nSPS) is 18.5. The quantitative estimate of drug-likeness (QED) is 0.710. The van der Waals surface area contributed by atoms with Gasteiger partial charge < -0.3 is 15.1 Å². The molecule has 1 rings (SSSR count). The Bertz CT molecular complexity index is 179. The third-order valence-electron chi connectivity index (χ3n) is 2.45. The number of likely N-dealkylation sites (tertiary alicyclic amines) is 1. The predicted molar refractivity (Wildman–Crippen MR) is 60.0 cm³/mol. The molecule has 0 aromatic carbocycles. The van der Waals surface area contributed by atoms with E-state index in [1.165, 1.54) is 0 Å². The fourth-order valence-corrected chi connectivity index (χ4v) is 1.46. The van der Waals surface area contributed by atoms with Gasteiger partial charge in [-0.1, -0.05) is 0 Å². The Morgan fingerprint density at radius 1 is 1.36 bits per heavy atom. The van der Waals surface area contributed by atoms with Crippen molar-refractivity contribution in [1.29, 1.82) is 0 Å². The first-order valence-electron chi connectivity index (χ1n) is 4.76. The summed E-state index contributed by atoms with van der Waals surface area (Å²) in [5.41, 5.74) is 0. The molecule has 0 aromatic heterocycles. The zero-order valence-electron chi connectivity index (χ0n) is 9.12. The summed E-state index contributed by atoms with van der Waals surface area (Å²) in [6.45, 7) is 2.16. The van der Waals surface area contributed by atoms with Gasteiger partial charge in [0.2, 0.25) is 0 Å². The molecule has 0 saturated carbocycles. The zero-order chi connectivity index (χ0) is 9.84. The van der Waals surface area contributed by atoms with Gasteiger partial charge in [0.25, 0.3) is 0 Å². The molecule has 0 spiro atoms. The molecule has 0 aliphatic carbocycles. The molecule has 5 heteroatoms. The highest BCUT2D eigenvalue weighted by Crippen LogP contribution is 2.07. The molecule has 1 heterocycles. The fraction of sp³-hybridized carbons (Fsp3) is 0.889. The number of hydrogen-bond acceptors (Lipinski definition) is 2. The van der Waals surface area contributed by atoms with Gasteiger partial charge in [0.1, 0.15) is 0 Å². The summed E-state index contributed by atoms with van der Waals surface area (Å²) in [5, 5.41) is 3.00. The average molecular weight is 222 g/mol. The van der Waals surface area contributed by atoms with E-state index < -0.39 is 0 Å². The van der Waals surface area contributed by atoms with Crippen molar-refractivity contribution in [3.05, 3.63) is 0 Å². The van der Waals surface area contributed by atoms with Gasteiger partial charge in [0.15, 0.2) is 0 Å². The van der Waals surface area contributed by atoms with Crippen molar-refractivity contribution in [2.24, 2.45) is 0 Å². The van der Waals surface area contributed by atoms with E-state index in [4.69, 9.17) is 0 Å². The molecule has 0 unspecified atom stereocenters. The van der Waals surface area contributed by atoms with Gasteiger partial charge in [-0.25, -0.2) is 4.79 Å². The van der Waals surface area contributed by atoms with Gasteiger partial charge in [-0.15, -0.1) is 12.4 Å². The maximum Gasteiger partial charge on any atom is 0.317 e. The predicted octanol–water partition coefficient (Wildman–Crippen LogP) is 0.774. The summed E-state index contributed by atoms with van der Waals surface area (Å²) in [7, 11) is 5.65. The van der Waals surface area contributed by atoms with E-state index in [1.54, 1.807) is 19.0 Å². The van der Waals surface area contributed by atoms with Crippen LogP contribution in [-0.4, -0.2) is 56.1 Å². The van der Waals surface area contributed by atoms with E-state index in [0.717, 1.165) is 25.9 Å². The van der Waals surface area contributed by atoms with Crippen LogP contribution < -0.4 is 5.32 Å². The minimum atomic E-state index is 0. The maximum atomic E-state index is 11.3. The van der Waals surface area contributed by atoms with Crippen LogP contribution in [0.4, 0.5) is 4.79 Å². The Labute approximate surface area is 92.0 Å². The summed E-state index contributed by atoms with van der Waals surface area (Å²) >= 11 is 0. The Balaban J connectivity index is 0.00000169. The smallest absolute Gasteiger partial charge is 0.317 e. The summed E-state index contributed by atoms with van der Waals surface area (Å²) in [4.78, 5) is 15.2. The van der Waals surface area contributed by atoms with E-state index in [2.05, 4.69) is 17.3 Å². The topological polar surface area (TPSA) is 35.6 Å². The number of amides is 2. The van der Waals surface area contributed by atoms with Gasteiger partial charge in [0, 0.05) is 20.1 Å². The molecule has 0 aromatic rings. The van der Waals surface area contributed by atoms with Crippen LogP contribution in [0.1, 0.15) is 12.8 Å². The second-order valence-corrected chi connectivity index (χ2v) is 3.92. The first kappa shape index (κ1) is 13.5. The largest absolute Gasteiger partial charge is 0.335 e. The molecular formula is C9H20ClN3O. The molecule has 1 fully saturated rings. The van der Waals surface area contributed by atoms with Gasteiger partial charge in [-0.2, -0.15) is 0 Å². The van der Waals surface area contributed by atoms with Crippen molar-refractivity contribution in [3.63, 3.8) is 0 Å². The van der Waals surface area contributed by atoms with E-state index in [-0.39, 0.29) is 18.4 Å². The summed E-state index contributed by atoms with van der Waals surface area (Å²) in [6, 6.07) is 0.389. The molecule has 0 radical (unpaired) electrons. The molecule has 0 atom stereocenters. The van der Waals surface area contributed by atoms with Crippen LogP contribution >= 0.6 is 12.4 Å². The number of halogens is 1. The summed E-state index contributed by atoms with van der Waals surface area (Å²) in [5.74, 6) is 0. The molecule has 0 bridgehead atoms. The van der Waals surface area contributed by atoms with Gasteiger partial charge >= 0.3 is 6.03 Å². The van der Waals surface area contributed by atoms with Crippen LogP contribution in [-0.2, 0) is 0 Å². The number of hydrogen-bond donors (Lipinski definition) is 1. The van der Waals surface area contributed by atoms with Crippen molar-refractivity contribution in [1.82, 2.24) is 15.1 Å². The third kappa shape index (κ3) is 4.15. The number of nitrogens with zero attached hydrogens (tertiary/aromatic N) is 2. The first-order valence-corrected chi connectivity index (χ1v) is 4.76. The van der Waals surface area contributed by atoms with Gasteiger partial charge in [-0.3, -0.25) is 0 Å². The van der Waals surface area contributed by atoms with Crippen molar-refractivity contribution in [3.8, 4) is 0 Å². The number of nitrogens with one attached hydrogen (secondary N) is 1. The van der Waals surface area contributed by atoms with Crippen molar-refractivity contribution in [2.45, 2.75) is 18.9 Å². The average Bonchev–Trinajstić information content (AvgIpc) is 2.08. The molecule has 1 saturated heterocycles. The Morgan fingerprint density at radius 2 is 1.86 bits per heavy atom. The highest BCUT2D eigenvalue weighted by molar-refractivity contribution is 5.85. The lowest BCUT2D eigenvalue weighted by Gasteiger charge is -2.30. The second-order valence-electron chi connectivity index (χ2n) is 3.92. The van der Waals surface area contributed by atoms with Crippen LogP contribution in [0.3, 0.4) is 0 Å². The van der Waals surface area contributed by atoms with Crippen molar-refractivity contribution >= 4 is 18.4 Å². The van der Waals surface area contributed by atoms with Crippen LogP contribution in [0.25, 0.3) is 0 Å². The standard InChI is InChI=1S/C9H19N3O.ClH/c1-11(2)9(13)10-8-4-6-12(3)7-5-8;/h8H,4-7H2,1-3H3,(H,10,13);1H. The molecule has 84 valence electrons. The van der Waals surface area contributed by atoms with E-state index in [1.807, 2.05) is 0 Å². The number of carbonyl (C=O) groups excluding carboxylic acids is 1. The number of piperidine rings is 1. The lowest BCUT2D eigenvalue weighted by molar-refractivity contribution is 0.196. The van der Waals surface area contributed by atoms with Crippen LogP contribution in [0, 0.1) is 0 Å². The molecule has 1 aliphatic heterocycles. The Morgan fingerprint density at radius 3 is 2.29 bits per heavy atom. The Hall–Kier alpha value is -0.480. The van der Waals surface area contributed by atoms with E-state index >= 15 is 0 Å². The molecular weight excluding hydrogens is 202 g/mol. The van der Waals surface area contributed by atoms with Gasteiger partial charge in [-0.05, 0) is 33.0 Å². The number of urea groups is 1.